The van der Waals surface area contributed by atoms with E-state index >= 15 is 0 Å². The lowest BCUT2D eigenvalue weighted by Crippen LogP contribution is -2.11. The molecule has 52 valence electrons. The van der Waals surface area contributed by atoms with Crippen molar-refractivity contribution in [3.8, 4) is 0 Å². The third kappa shape index (κ3) is 1.42. The van der Waals surface area contributed by atoms with Crippen molar-refractivity contribution in [2.75, 3.05) is 13.1 Å². The summed E-state index contributed by atoms with van der Waals surface area (Å²) in [5, 5.41) is 8.41. The highest BCUT2D eigenvalue weighted by atomic mass is 16.4. The molecule has 3 heteroatoms. The molecule has 1 aliphatic rings. The van der Waals surface area contributed by atoms with Gasteiger partial charge in [0, 0.05) is 6.54 Å². The fourth-order valence-electron chi connectivity index (χ4n) is 0.944. The summed E-state index contributed by atoms with van der Waals surface area (Å²) < 4.78 is 0. The predicted octanol–water partition coefficient (Wildman–Crippen LogP) is 0.165. The van der Waals surface area contributed by atoms with Crippen LogP contribution >= 0.6 is 0 Å². The zero-order chi connectivity index (χ0) is 6.85. The molecule has 0 amide bonds. The van der Waals surface area contributed by atoms with Crippen LogP contribution in [0.2, 0.25) is 0 Å². The van der Waals surface area contributed by atoms with Gasteiger partial charge in [-0.2, -0.15) is 0 Å². The van der Waals surface area contributed by atoms with Crippen LogP contribution in [-0.2, 0) is 4.79 Å². The van der Waals surface area contributed by atoms with Gasteiger partial charge in [0.05, 0.1) is 0 Å². The fraction of sp³-hybridized carbons (Fsp3) is 0.833. The number of carboxylic acid groups (broad SMARTS) is 1. The molecular weight excluding hydrogens is 118 g/mol. The fourth-order valence-corrected chi connectivity index (χ4v) is 0.944. The van der Waals surface area contributed by atoms with Crippen molar-refractivity contribution >= 4 is 5.97 Å². The van der Waals surface area contributed by atoms with Crippen molar-refractivity contribution < 1.29 is 9.90 Å². The molecule has 3 nitrogen and oxygen atoms in total. The van der Waals surface area contributed by atoms with Crippen LogP contribution in [-0.4, -0.2) is 35.1 Å². The van der Waals surface area contributed by atoms with Crippen LogP contribution in [0.1, 0.15) is 13.3 Å². The Morgan fingerprint density at radius 2 is 2.56 bits per heavy atom. The van der Waals surface area contributed by atoms with E-state index in [1.807, 2.05) is 4.90 Å². The standard InChI is InChI=1S/C6H11NO2/c1-2-3-7-4-5(7)6(8)9/h5H,2-4H2,1H3,(H,8,9). The molecule has 0 aromatic rings. The number of rotatable bonds is 3. The molecule has 2 unspecified atom stereocenters. The Morgan fingerprint density at radius 1 is 1.89 bits per heavy atom. The number of hydrogen-bond acceptors (Lipinski definition) is 2. The van der Waals surface area contributed by atoms with Gasteiger partial charge in [0.25, 0.3) is 0 Å². The molecule has 1 aliphatic heterocycles. The predicted molar refractivity (Wildman–Crippen MR) is 33.3 cm³/mol. The zero-order valence-corrected chi connectivity index (χ0v) is 5.50. The second-order valence-electron chi connectivity index (χ2n) is 2.35. The minimum Gasteiger partial charge on any atom is -0.480 e. The third-order valence-electron chi connectivity index (χ3n) is 1.51. The van der Waals surface area contributed by atoms with Crippen molar-refractivity contribution in [3.63, 3.8) is 0 Å². The van der Waals surface area contributed by atoms with Gasteiger partial charge in [-0.05, 0) is 13.0 Å². The minimum atomic E-state index is -0.677. The maximum atomic E-state index is 10.2. The van der Waals surface area contributed by atoms with Gasteiger partial charge in [0.2, 0.25) is 0 Å². The Kier molecular flexibility index (Phi) is 1.71. The van der Waals surface area contributed by atoms with Gasteiger partial charge in [0.15, 0.2) is 0 Å². The minimum absolute atomic E-state index is 0.162. The van der Waals surface area contributed by atoms with Crippen LogP contribution in [0.3, 0.4) is 0 Å². The summed E-state index contributed by atoms with van der Waals surface area (Å²) >= 11 is 0. The van der Waals surface area contributed by atoms with Crippen molar-refractivity contribution in [2.45, 2.75) is 19.4 Å². The van der Waals surface area contributed by atoms with Gasteiger partial charge >= 0.3 is 5.97 Å². The molecule has 0 spiro atoms. The van der Waals surface area contributed by atoms with Crippen molar-refractivity contribution in [1.82, 2.24) is 4.90 Å². The Balaban J connectivity index is 2.17. The van der Waals surface area contributed by atoms with E-state index in [-0.39, 0.29) is 6.04 Å². The third-order valence-corrected chi connectivity index (χ3v) is 1.51. The lowest BCUT2D eigenvalue weighted by atomic mass is 10.4. The monoisotopic (exact) mass is 129 g/mol. The van der Waals surface area contributed by atoms with Gasteiger partial charge in [-0.3, -0.25) is 9.69 Å². The molecule has 1 fully saturated rings. The molecule has 9 heavy (non-hydrogen) atoms. The van der Waals surface area contributed by atoms with Crippen LogP contribution in [0.25, 0.3) is 0 Å². The SMILES string of the molecule is CCCN1CC1C(=O)O. The molecule has 1 N–H and O–H groups in total. The van der Waals surface area contributed by atoms with Gasteiger partial charge in [-0.15, -0.1) is 0 Å². The molecule has 0 bridgehead atoms. The number of hydrogen-bond donors (Lipinski definition) is 1. The van der Waals surface area contributed by atoms with Gasteiger partial charge in [-0.25, -0.2) is 0 Å². The van der Waals surface area contributed by atoms with Crippen molar-refractivity contribution in [2.24, 2.45) is 0 Å². The molecule has 0 aliphatic carbocycles. The second kappa shape index (κ2) is 2.35. The van der Waals surface area contributed by atoms with E-state index in [1.54, 1.807) is 0 Å². The highest BCUT2D eigenvalue weighted by Gasteiger charge is 2.39. The first-order chi connectivity index (χ1) is 4.25. The smallest absolute Gasteiger partial charge is 0.322 e. The lowest BCUT2D eigenvalue weighted by molar-refractivity contribution is -0.137. The number of aliphatic carboxylic acids is 1. The maximum absolute atomic E-state index is 10.2. The Morgan fingerprint density at radius 3 is 2.89 bits per heavy atom. The normalized spacial score (nSPS) is 32.1. The summed E-state index contributed by atoms with van der Waals surface area (Å²) in [4.78, 5) is 12.2. The van der Waals surface area contributed by atoms with E-state index in [4.69, 9.17) is 5.11 Å². The first-order valence-electron chi connectivity index (χ1n) is 3.22. The van der Waals surface area contributed by atoms with Gasteiger partial charge in [-0.1, -0.05) is 6.92 Å². The molecule has 1 rings (SSSR count). The molecule has 0 aromatic heterocycles. The lowest BCUT2D eigenvalue weighted by Gasteiger charge is -1.94. The van der Waals surface area contributed by atoms with E-state index in [0.717, 1.165) is 19.5 Å². The van der Waals surface area contributed by atoms with E-state index in [2.05, 4.69) is 6.92 Å². The molecule has 2 atom stereocenters. The van der Waals surface area contributed by atoms with Crippen LogP contribution in [0.5, 0.6) is 0 Å². The maximum Gasteiger partial charge on any atom is 0.322 e. The molecule has 0 saturated carbocycles. The van der Waals surface area contributed by atoms with E-state index in [1.165, 1.54) is 0 Å². The summed E-state index contributed by atoms with van der Waals surface area (Å²) in [6, 6.07) is -0.162. The largest absolute Gasteiger partial charge is 0.480 e. The van der Waals surface area contributed by atoms with Crippen molar-refractivity contribution in [3.05, 3.63) is 0 Å². The topological polar surface area (TPSA) is 40.3 Å². The highest BCUT2D eigenvalue weighted by Crippen LogP contribution is 2.16. The van der Waals surface area contributed by atoms with Crippen LogP contribution in [0.15, 0.2) is 0 Å². The van der Waals surface area contributed by atoms with Crippen LogP contribution < -0.4 is 0 Å². The van der Waals surface area contributed by atoms with Crippen LogP contribution in [0, 0.1) is 0 Å². The quantitative estimate of drug-likeness (QED) is 0.552. The first-order valence-corrected chi connectivity index (χ1v) is 3.22. The Labute approximate surface area is 54.3 Å². The summed E-state index contributed by atoms with van der Waals surface area (Å²) in [5.41, 5.74) is 0. The zero-order valence-electron chi connectivity index (χ0n) is 5.50. The molecular formula is C6H11NO2. The first kappa shape index (κ1) is 6.55. The Hall–Kier alpha value is -0.570. The number of carboxylic acids is 1. The van der Waals surface area contributed by atoms with E-state index in [9.17, 15) is 4.79 Å². The van der Waals surface area contributed by atoms with Gasteiger partial charge < -0.3 is 5.11 Å². The van der Waals surface area contributed by atoms with E-state index < -0.39 is 5.97 Å². The van der Waals surface area contributed by atoms with E-state index in [0.29, 0.717) is 0 Å². The Bertz CT molecular complexity index is 124. The van der Waals surface area contributed by atoms with Crippen LogP contribution in [0.4, 0.5) is 0 Å². The van der Waals surface area contributed by atoms with Gasteiger partial charge in [0.1, 0.15) is 6.04 Å². The molecule has 0 aromatic carbocycles. The summed E-state index contributed by atoms with van der Waals surface area (Å²) in [7, 11) is 0. The van der Waals surface area contributed by atoms with Crippen molar-refractivity contribution in [1.29, 1.82) is 0 Å². The molecule has 1 saturated heterocycles. The average Bonchev–Trinajstić information content (AvgIpc) is 2.47. The summed E-state index contributed by atoms with van der Waals surface area (Å²) in [5.74, 6) is -0.677. The highest BCUT2D eigenvalue weighted by molar-refractivity contribution is 5.76. The number of carbonyl (C=O) groups is 1. The molecule has 1 heterocycles. The molecule has 0 radical (unpaired) electrons. The summed E-state index contributed by atoms with van der Waals surface area (Å²) in [6.45, 7) is 3.73. The average molecular weight is 129 g/mol. The number of nitrogens with zero attached hydrogens (tertiary/aromatic N) is 1. The summed E-state index contributed by atoms with van der Waals surface area (Å²) in [6.07, 6.45) is 1.05. The second-order valence-corrected chi connectivity index (χ2v) is 2.35.